The molecule has 0 aromatic heterocycles. The van der Waals surface area contributed by atoms with Gasteiger partial charge in [0.05, 0.1) is 18.4 Å². The smallest absolute Gasteiger partial charge is 0.339 e. The second-order valence-electron chi connectivity index (χ2n) is 6.71. The molecule has 2 amide bonds. The predicted molar refractivity (Wildman–Crippen MR) is 108 cm³/mol. The van der Waals surface area contributed by atoms with E-state index in [1.807, 2.05) is 44.2 Å². The van der Waals surface area contributed by atoms with Gasteiger partial charge >= 0.3 is 5.97 Å². The molecule has 0 bridgehead atoms. The molecular weight excluding hydrogens is 356 g/mol. The van der Waals surface area contributed by atoms with Gasteiger partial charge in [0.1, 0.15) is 6.54 Å². The van der Waals surface area contributed by atoms with E-state index in [0.717, 1.165) is 5.56 Å². The Hall–Kier alpha value is -3.15. The molecule has 0 heterocycles. The number of carbonyl (C=O) groups is 3. The van der Waals surface area contributed by atoms with E-state index in [-0.39, 0.29) is 30.0 Å². The number of ether oxygens (including phenoxy) is 1. The zero-order chi connectivity index (χ0) is 20.7. The minimum absolute atomic E-state index is 0.0441. The molecule has 0 radical (unpaired) electrons. The van der Waals surface area contributed by atoms with Crippen LogP contribution < -0.4 is 4.90 Å². The highest BCUT2D eigenvalue weighted by molar-refractivity contribution is 6.04. The first-order valence-electron chi connectivity index (χ1n) is 9.14. The number of hydrogen-bond acceptors (Lipinski definition) is 4. The SMILES string of the molecule is COC(=O)c1ccccc1N(CC(=O)N(Cc1ccccc1)C(C)C)C(C)=O. The van der Waals surface area contributed by atoms with Crippen molar-refractivity contribution in [2.75, 3.05) is 18.6 Å². The molecule has 28 heavy (non-hydrogen) atoms. The lowest BCUT2D eigenvalue weighted by Crippen LogP contribution is -2.45. The number of esters is 1. The topological polar surface area (TPSA) is 66.9 Å². The first-order valence-corrected chi connectivity index (χ1v) is 9.14. The van der Waals surface area contributed by atoms with E-state index in [0.29, 0.717) is 12.2 Å². The van der Waals surface area contributed by atoms with Gasteiger partial charge in [-0.05, 0) is 31.5 Å². The molecule has 0 fully saturated rings. The zero-order valence-corrected chi connectivity index (χ0v) is 16.7. The van der Waals surface area contributed by atoms with E-state index < -0.39 is 5.97 Å². The Kier molecular flexibility index (Phi) is 7.32. The van der Waals surface area contributed by atoms with Crippen LogP contribution in [0.1, 0.15) is 36.7 Å². The van der Waals surface area contributed by atoms with Crippen LogP contribution >= 0.6 is 0 Å². The summed E-state index contributed by atoms with van der Waals surface area (Å²) in [4.78, 5) is 40.4. The lowest BCUT2D eigenvalue weighted by Gasteiger charge is -2.30. The summed E-state index contributed by atoms with van der Waals surface area (Å²) >= 11 is 0. The van der Waals surface area contributed by atoms with Crippen LogP contribution in [0.2, 0.25) is 0 Å². The zero-order valence-electron chi connectivity index (χ0n) is 16.7. The fourth-order valence-electron chi connectivity index (χ4n) is 2.92. The van der Waals surface area contributed by atoms with Crippen molar-refractivity contribution in [1.82, 2.24) is 4.90 Å². The Morgan fingerprint density at radius 3 is 2.14 bits per heavy atom. The summed E-state index contributed by atoms with van der Waals surface area (Å²) in [5.41, 5.74) is 1.61. The first-order chi connectivity index (χ1) is 13.3. The summed E-state index contributed by atoms with van der Waals surface area (Å²) in [6.07, 6.45) is 0. The average Bonchev–Trinajstić information content (AvgIpc) is 2.69. The number of hydrogen-bond donors (Lipinski definition) is 0. The molecule has 2 aromatic rings. The van der Waals surface area contributed by atoms with Crippen LogP contribution in [0.15, 0.2) is 54.6 Å². The average molecular weight is 382 g/mol. The standard InChI is InChI=1S/C22H26N2O4/c1-16(2)23(14-18-10-6-5-7-11-18)21(26)15-24(17(3)25)20-13-9-8-12-19(20)22(27)28-4/h5-13,16H,14-15H2,1-4H3. The number of carbonyl (C=O) groups excluding carboxylic acids is 3. The third-order valence-electron chi connectivity index (χ3n) is 4.41. The molecule has 0 N–H and O–H groups in total. The van der Waals surface area contributed by atoms with E-state index in [1.54, 1.807) is 29.2 Å². The number of benzene rings is 2. The predicted octanol–water partition coefficient (Wildman–Crippen LogP) is 3.26. The van der Waals surface area contributed by atoms with Gasteiger partial charge in [0, 0.05) is 19.5 Å². The van der Waals surface area contributed by atoms with Gasteiger partial charge in [0.2, 0.25) is 11.8 Å². The maximum absolute atomic E-state index is 13.0. The van der Waals surface area contributed by atoms with Gasteiger partial charge in [0.25, 0.3) is 0 Å². The fraction of sp³-hybridized carbons (Fsp3) is 0.318. The third-order valence-corrected chi connectivity index (χ3v) is 4.41. The highest BCUT2D eigenvalue weighted by atomic mass is 16.5. The molecule has 0 saturated carbocycles. The molecule has 2 rings (SSSR count). The first kappa shape index (κ1) is 21.2. The molecule has 0 aliphatic rings. The molecule has 0 unspecified atom stereocenters. The third kappa shape index (κ3) is 5.19. The molecule has 0 atom stereocenters. The second-order valence-corrected chi connectivity index (χ2v) is 6.71. The van der Waals surface area contributed by atoms with Crippen LogP contribution in [0.4, 0.5) is 5.69 Å². The largest absolute Gasteiger partial charge is 0.465 e. The van der Waals surface area contributed by atoms with E-state index in [9.17, 15) is 14.4 Å². The summed E-state index contributed by atoms with van der Waals surface area (Å²) in [6, 6.07) is 16.3. The number of amides is 2. The van der Waals surface area contributed by atoms with Crippen LogP contribution in [0.25, 0.3) is 0 Å². The van der Waals surface area contributed by atoms with Crippen molar-refractivity contribution in [3.05, 3.63) is 65.7 Å². The Morgan fingerprint density at radius 1 is 0.964 bits per heavy atom. The highest BCUT2D eigenvalue weighted by Gasteiger charge is 2.25. The number of nitrogens with zero attached hydrogens (tertiary/aromatic N) is 2. The Bertz CT molecular complexity index is 833. The van der Waals surface area contributed by atoms with Crippen LogP contribution in [-0.2, 0) is 20.9 Å². The maximum Gasteiger partial charge on any atom is 0.339 e. The monoisotopic (exact) mass is 382 g/mol. The van der Waals surface area contributed by atoms with Crippen molar-refractivity contribution in [2.45, 2.75) is 33.4 Å². The molecule has 2 aromatic carbocycles. The van der Waals surface area contributed by atoms with E-state index >= 15 is 0 Å². The summed E-state index contributed by atoms with van der Waals surface area (Å²) in [7, 11) is 1.28. The summed E-state index contributed by atoms with van der Waals surface area (Å²) < 4.78 is 4.80. The maximum atomic E-state index is 13.0. The van der Waals surface area contributed by atoms with Crippen molar-refractivity contribution in [3.63, 3.8) is 0 Å². The van der Waals surface area contributed by atoms with E-state index in [1.165, 1.54) is 18.9 Å². The molecule has 0 spiro atoms. The molecule has 6 nitrogen and oxygen atoms in total. The van der Waals surface area contributed by atoms with Gasteiger partial charge in [-0.15, -0.1) is 0 Å². The van der Waals surface area contributed by atoms with Gasteiger partial charge < -0.3 is 14.5 Å². The van der Waals surface area contributed by atoms with Crippen molar-refractivity contribution in [1.29, 1.82) is 0 Å². The minimum atomic E-state index is -0.556. The number of para-hydroxylation sites is 1. The summed E-state index contributed by atoms with van der Waals surface area (Å²) in [5, 5.41) is 0. The van der Waals surface area contributed by atoms with Crippen molar-refractivity contribution in [2.24, 2.45) is 0 Å². The highest BCUT2D eigenvalue weighted by Crippen LogP contribution is 2.22. The van der Waals surface area contributed by atoms with Gasteiger partial charge in [0.15, 0.2) is 0 Å². The minimum Gasteiger partial charge on any atom is -0.465 e. The van der Waals surface area contributed by atoms with Gasteiger partial charge in [-0.3, -0.25) is 9.59 Å². The number of anilines is 1. The second kappa shape index (κ2) is 9.69. The number of rotatable bonds is 7. The van der Waals surface area contributed by atoms with Crippen LogP contribution in [0.3, 0.4) is 0 Å². The van der Waals surface area contributed by atoms with Gasteiger partial charge in [-0.2, -0.15) is 0 Å². The summed E-state index contributed by atoms with van der Waals surface area (Å²) in [6.45, 7) is 5.52. The lowest BCUT2D eigenvalue weighted by molar-refractivity contribution is -0.133. The molecule has 0 aliphatic carbocycles. The van der Waals surface area contributed by atoms with Crippen molar-refractivity contribution < 1.29 is 19.1 Å². The van der Waals surface area contributed by atoms with Gasteiger partial charge in [-0.25, -0.2) is 4.79 Å². The van der Waals surface area contributed by atoms with Crippen LogP contribution in [-0.4, -0.2) is 42.4 Å². The van der Waals surface area contributed by atoms with E-state index in [4.69, 9.17) is 4.74 Å². The molecule has 6 heteroatoms. The normalized spacial score (nSPS) is 10.5. The molecular formula is C22H26N2O4. The van der Waals surface area contributed by atoms with Crippen LogP contribution in [0, 0.1) is 0 Å². The Morgan fingerprint density at radius 2 is 1.57 bits per heavy atom. The van der Waals surface area contributed by atoms with E-state index in [2.05, 4.69) is 0 Å². The quantitative estimate of drug-likeness (QED) is 0.690. The van der Waals surface area contributed by atoms with Crippen molar-refractivity contribution >= 4 is 23.5 Å². The molecule has 0 aliphatic heterocycles. The van der Waals surface area contributed by atoms with Crippen LogP contribution in [0.5, 0.6) is 0 Å². The Labute approximate surface area is 165 Å². The van der Waals surface area contributed by atoms with Crippen molar-refractivity contribution in [3.8, 4) is 0 Å². The summed E-state index contributed by atoms with van der Waals surface area (Å²) in [5.74, 6) is -1.08. The fourth-order valence-corrected chi connectivity index (χ4v) is 2.92. The van der Waals surface area contributed by atoms with Gasteiger partial charge in [-0.1, -0.05) is 42.5 Å². The lowest BCUT2D eigenvalue weighted by atomic mass is 10.1. The Balaban J connectivity index is 2.29. The molecule has 0 saturated heterocycles. The number of methoxy groups -OCH3 is 1. The molecule has 148 valence electrons.